The molecule has 0 saturated heterocycles. The zero-order chi connectivity index (χ0) is 33.4. The molecule has 0 aliphatic heterocycles. The Bertz CT molecular complexity index is 1740. The Labute approximate surface area is 281 Å². The van der Waals surface area contributed by atoms with E-state index in [-0.39, 0.29) is 29.8 Å². The molecular formula is C37H42BrN3O4S. The number of amides is 2. The maximum absolute atomic E-state index is 14.6. The van der Waals surface area contributed by atoms with Crippen molar-refractivity contribution in [3.63, 3.8) is 0 Å². The average Bonchev–Trinajstić information content (AvgIpc) is 3.04. The average molecular weight is 705 g/mol. The summed E-state index contributed by atoms with van der Waals surface area (Å²) >= 11 is 3.47. The highest BCUT2D eigenvalue weighted by atomic mass is 79.9. The molecule has 0 saturated carbocycles. The molecule has 9 heteroatoms. The van der Waals surface area contributed by atoms with Crippen LogP contribution < -0.4 is 9.62 Å². The Balaban J connectivity index is 1.83. The van der Waals surface area contributed by atoms with Gasteiger partial charge in [-0.15, -0.1) is 0 Å². The first kappa shape index (κ1) is 34.9. The van der Waals surface area contributed by atoms with Gasteiger partial charge in [-0.3, -0.25) is 13.9 Å². The van der Waals surface area contributed by atoms with E-state index in [1.165, 1.54) is 9.21 Å². The maximum atomic E-state index is 14.6. The number of aryl methyl sites for hydroxylation is 3. The Morgan fingerprint density at radius 1 is 0.826 bits per heavy atom. The van der Waals surface area contributed by atoms with E-state index in [4.69, 9.17) is 0 Å². The topological polar surface area (TPSA) is 86.8 Å². The highest BCUT2D eigenvalue weighted by Crippen LogP contribution is 2.29. The van der Waals surface area contributed by atoms with Crippen molar-refractivity contribution in [2.75, 3.05) is 10.8 Å². The standard InChI is InChI=1S/C37H42BrN3O4S/c1-6-29(5)39-37(43)35(23-30-10-8-7-9-11-30)40(24-31-16-18-32(38)19-17-31)36(42)25-41(34-22-27(3)12-15-28(34)4)46(44,45)33-20-13-26(2)14-21-33/h7-22,29,35H,6,23-25H2,1-5H3,(H,39,43)/t29-,35-/m1/s1. The smallest absolute Gasteiger partial charge is 0.264 e. The Morgan fingerprint density at radius 3 is 2.09 bits per heavy atom. The van der Waals surface area contributed by atoms with Crippen LogP contribution in [0.4, 0.5) is 5.69 Å². The van der Waals surface area contributed by atoms with Crippen LogP contribution in [0.5, 0.6) is 0 Å². The molecular weight excluding hydrogens is 662 g/mol. The molecule has 0 aliphatic carbocycles. The Hall–Kier alpha value is -3.95. The van der Waals surface area contributed by atoms with E-state index >= 15 is 0 Å². The fraction of sp³-hybridized carbons (Fsp3) is 0.297. The van der Waals surface area contributed by atoms with Gasteiger partial charge in [0.2, 0.25) is 11.8 Å². The summed E-state index contributed by atoms with van der Waals surface area (Å²) in [6, 6.07) is 28.2. The number of sulfonamides is 1. The van der Waals surface area contributed by atoms with Crippen LogP contribution in [0.25, 0.3) is 0 Å². The van der Waals surface area contributed by atoms with Crippen molar-refractivity contribution in [2.45, 2.75) is 71.0 Å². The molecule has 0 spiro atoms. The predicted octanol–water partition coefficient (Wildman–Crippen LogP) is 7.12. The van der Waals surface area contributed by atoms with Crippen LogP contribution in [0.1, 0.15) is 48.1 Å². The van der Waals surface area contributed by atoms with E-state index in [2.05, 4.69) is 21.2 Å². The normalized spacial score (nSPS) is 12.7. The van der Waals surface area contributed by atoms with Gasteiger partial charge in [-0.25, -0.2) is 8.42 Å². The van der Waals surface area contributed by atoms with Crippen molar-refractivity contribution >= 4 is 43.5 Å². The summed E-state index contributed by atoms with van der Waals surface area (Å²) in [5, 5.41) is 3.07. The summed E-state index contributed by atoms with van der Waals surface area (Å²) in [6.45, 7) is 9.14. The highest BCUT2D eigenvalue weighted by molar-refractivity contribution is 9.10. The van der Waals surface area contributed by atoms with Crippen molar-refractivity contribution in [1.29, 1.82) is 0 Å². The van der Waals surface area contributed by atoms with Gasteiger partial charge < -0.3 is 10.2 Å². The summed E-state index contributed by atoms with van der Waals surface area (Å²) in [7, 11) is -4.17. The molecule has 0 fully saturated rings. The van der Waals surface area contributed by atoms with Gasteiger partial charge in [0.25, 0.3) is 10.0 Å². The second-order valence-corrected chi connectivity index (χ2v) is 14.6. The van der Waals surface area contributed by atoms with E-state index in [1.54, 1.807) is 30.3 Å². The first-order valence-corrected chi connectivity index (χ1v) is 17.7. The first-order valence-electron chi connectivity index (χ1n) is 15.4. The fourth-order valence-corrected chi connectivity index (χ4v) is 6.86. The van der Waals surface area contributed by atoms with Crippen molar-refractivity contribution in [3.8, 4) is 0 Å². The summed E-state index contributed by atoms with van der Waals surface area (Å²) in [4.78, 5) is 30.2. The molecule has 0 bridgehead atoms. The number of carbonyl (C=O) groups is 2. The Morgan fingerprint density at radius 2 is 1.46 bits per heavy atom. The van der Waals surface area contributed by atoms with Gasteiger partial charge in [-0.1, -0.05) is 95.1 Å². The predicted molar refractivity (Wildman–Crippen MR) is 188 cm³/mol. The molecule has 4 rings (SSSR count). The van der Waals surface area contributed by atoms with Gasteiger partial charge in [-0.05, 0) is 86.7 Å². The lowest BCUT2D eigenvalue weighted by Gasteiger charge is -2.34. The molecule has 2 atom stereocenters. The zero-order valence-corrected chi connectivity index (χ0v) is 29.4. The van der Waals surface area contributed by atoms with Crippen LogP contribution in [0.3, 0.4) is 0 Å². The van der Waals surface area contributed by atoms with E-state index in [0.29, 0.717) is 11.3 Å². The molecule has 242 valence electrons. The minimum Gasteiger partial charge on any atom is -0.352 e. The molecule has 0 unspecified atom stereocenters. The summed E-state index contributed by atoms with van der Waals surface area (Å²) in [5.74, 6) is -0.775. The third-order valence-electron chi connectivity index (χ3n) is 8.06. The van der Waals surface area contributed by atoms with E-state index in [0.717, 1.165) is 33.1 Å². The fourth-order valence-electron chi connectivity index (χ4n) is 5.12. The van der Waals surface area contributed by atoms with Crippen LogP contribution in [0.15, 0.2) is 106 Å². The molecule has 0 aliphatic rings. The lowest BCUT2D eigenvalue weighted by Crippen LogP contribution is -2.54. The largest absolute Gasteiger partial charge is 0.352 e. The van der Waals surface area contributed by atoms with Crippen molar-refractivity contribution in [1.82, 2.24) is 10.2 Å². The third kappa shape index (κ3) is 8.85. The Kier molecular flexibility index (Phi) is 11.8. The molecule has 7 nitrogen and oxygen atoms in total. The number of nitrogens with zero attached hydrogens (tertiary/aromatic N) is 2. The van der Waals surface area contributed by atoms with Gasteiger partial charge in [0.15, 0.2) is 0 Å². The van der Waals surface area contributed by atoms with Gasteiger partial charge in [0.1, 0.15) is 12.6 Å². The molecule has 1 N–H and O–H groups in total. The number of halogens is 1. The van der Waals surface area contributed by atoms with E-state index < -0.39 is 28.5 Å². The second kappa shape index (κ2) is 15.6. The number of hydrogen-bond donors (Lipinski definition) is 1. The molecule has 2 amide bonds. The summed E-state index contributed by atoms with van der Waals surface area (Å²) in [6.07, 6.45) is 0.985. The van der Waals surface area contributed by atoms with Crippen LogP contribution in [0.2, 0.25) is 0 Å². The minimum absolute atomic E-state index is 0.0848. The van der Waals surface area contributed by atoms with Crippen molar-refractivity contribution < 1.29 is 18.0 Å². The number of carbonyl (C=O) groups excluding carboxylic acids is 2. The number of anilines is 1. The van der Waals surface area contributed by atoms with Gasteiger partial charge >= 0.3 is 0 Å². The van der Waals surface area contributed by atoms with Crippen LogP contribution in [-0.4, -0.2) is 43.8 Å². The molecule has 46 heavy (non-hydrogen) atoms. The van der Waals surface area contributed by atoms with Crippen LogP contribution in [0, 0.1) is 20.8 Å². The summed E-state index contributed by atoms with van der Waals surface area (Å²) in [5.41, 5.74) is 4.61. The second-order valence-electron chi connectivity index (χ2n) is 11.8. The maximum Gasteiger partial charge on any atom is 0.264 e. The van der Waals surface area contributed by atoms with Crippen LogP contribution in [-0.2, 0) is 32.6 Å². The molecule has 0 radical (unpaired) electrons. The quantitative estimate of drug-likeness (QED) is 0.161. The molecule has 0 aromatic heterocycles. The van der Waals surface area contributed by atoms with Gasteiger partial charge in [0.05, 0.1) is 10.6 Å². The van der Waals surface area contributed by atoms with E-state index in [1.807, 2.05) is 101 Å². The van der Waals surface area contributed by atoms with Crippen molar-refractivity contribution in [2.24, 2.45) is 0 Å². The number of benzene rings is 4. The number of hydrogen-bond acceptors (Lipinski definition) is 4. The number of rotatable bonds is 13. The third-order valence-corrected chi connectivity index (χ3v) is 10.4. The monoisotopic (exact) mass is 703 g/mol. The highest BCUT2D eigenvalue weighted by Gasteiger charge is 2.35. The number of nitrogens with one attached hydrogen (secondary N) is 1. The molecule has 4 aromatic rings. The zero-order valence-electron chi connectivity index (χ0n) is 27.0. The van der Waals surface area contributed by atoms with Crippen LogP contribution >= 0.6 is 15.9 Å². The van der Waals surface area contributed by atoms with Gasteiger partial charge in [0, 0.05) is 23.5 Å². The molecule has 4 aromatic carbocycles. The first-order chi connectivity index (χ1) is 21.9. The van der Waals surface area contributed by atoms with Gasteiger partial charge in [-0.2, -0.15) is 0 Å². The minimum atomic E-state index is -4.17. The van der Waals surface area contributed by atoms with Crippen molar-refractivity contribution in [3.05, 3.63) is 129 Å². The molecule has 0 heterocycles. The lowest BCUT2D eigenvalue weighted by molar-refractivity contribution is -0.140. The lowest BCUT2D eigenvalue weighted by atomic mass is 10.0. The van der Waals surface area contributed by atoms with E-state index in [9.17, 15) is 18.0 Å². The SMILES string of the molecule is CC[C@@H](C)NC(=O)[C@@H](Cc1ccccc1)N(Cc1ccc(Br)cc1)C(=O)CN(c1cc(C)ccc1C)S(=O)(=O)c1ccc(C)cc1. The summed E-state index contributed by atoms with van der Waals surface area (Å²) < 4.78 is 30.7.